The fourth-order valence-electron chi connectivity index (χ4n) is 2.69. The Bertz CT molecular complexity index is 444. The Kier molecular flexibility index (Phi) is 6.27. The molecule has 1 aliphatic rings. The van der Waals surface area contributed by atoms with Crippen LogP contribution >= 0.6 is 11.6 Å². The number of hydrogen-bond acceptors (Lipinski definition) is 4. The van der Waals surface area contributed by atoms with E-state index in [0.29, 0.717) is 6.04 Å². The quantitative estimate of drug-likeness (QED) is 0.875. The number of halogens is 1. The number of pyridine rings is 1. The topological polar surface area (TPSA) is 31.4 Å². The summed E-state index contributed by atoms with van der Waals surface area (Å²) in [5.74, 6) is 1.05. The molecule has 0 radical (unpaired) electrons. The fourth-order valence-corrected chi connectivity index (χ4v) is 2.86. The van der Waals surface area contributed by atoms with Crippen LogP contribution in [0.1, 0.15) is 32.8 Å². The van der Waals surface area contributed by atoms with Crippen molar-refractivity contribution in [3.63, 3.8) is 0 Å². The maximum absolute atomic E-state index is 6.23. The summed E-state index contributed by atoms with van der Waals surface area (Å²) in [6.45, 7) is 12.7. The number of anilines is 1. The molecule has 4 nitrogen and oxygen atoms in total. The molecule has 5 heteroatoms. The van der Waals surface area contributed by atoms with Gasteiger partial charge in [-0.1, -0.05) is 25.4 Å². The minimum absolute atomic E-state index is 0.676. The third kappa shape index (κ3) is 4.31. The molecule has 0 aromatic carbocycles. The highest BCUT2D eigenvalue weighted by Gasteiger charge is 2.21. The second-order valence-electron chi connectivity index (χ2n) is 5.69. The minimum atomic E-state index is 0.676. The van der Waals surface area contributed by atoms with Gasteiger partial charge in [-0.25, -0.2) is 4.98 Å². The monoisotopic (exact) mass is 310 g/mol. The Labute approximate surface area is 133 Å². The van der Waals surface area contributed by atoms with E-state index in [-0.39, 0.29) is 0 Å². The van der Waals surface area contributed by atoms with Crippen LogP contribution in [-0.2, 0) is 6.54 Å². The van der Waals surface area contributed by atoms with Gasteiger partial charge in [0.2, 0.25) is 0 Å². The highest BCUT2D eigenvalue weighted by Crippen LogP contribution is 2.22. The second kappa shape index (κ2) is 7.97. The van der Waals surface area contributed by atoms with Crippen LogP contribution in [0.25, 0.3) is 0 Å². The molecule has 2 heterocycles. The van der Waals surface area contributed by atoms with Gasteiger partial charge in [0.05, 0.1) is 5.02 Å². The van der Waals surface area contributed by atoms with Gasteiger partial charge in [0.25, 0.3) is 0 Å². The average Bonchev–Trinajstić information content (AvgIpc) is 2.53. The number of nitrogens with zero attached hydrogens (tertiary/aromatic N) is 3. The molecule has 0 spiro atoms. The predicted molar refractivity (Wildman–Crippen MR) is 90.2 cm³/mol. The van der Waals surface area contributed by atoms with E-state index in [0.717, 1.165) is 55.7 Å². The summed E-state index contributed by atoms with van der Waals surface area (Å²) in [6.07, 6.45) is 3.00. The first-order valence-electron chi connectivity index (χ1n) is 7.99. The van der Waals surface area contributed by atoms with Crippen LogP contribution < -0.4 is 10.2 Å². The van der Waals surface area contributed by atoms with Crippen molar-refractivity contribution in [1.29, 1.82) is 0 Å². The molecular formula is C16H27ClN4. The smallest absolute Gasteiger partial charge is 0.128 e. The lowest BCUT2D eigenvalue weighted by Crippen LogP contribution is -2.49. The Balaban J connectivity index is 1.99. The third-order valence-corrected chi connectivity index (χ3v) is 4.68. The van der Waals surface area contributed by atoms with E-state index in [2.05, 4.69) is 46.9 Å². The molecule has 1 unspecified atom stereocenters. The van der Waals surface area contributed by atoms with Gasteiger partial charge in [-0.3, -0.25) is 4.90 Å². The maximum atomic E-state index is 6.23. The van der Waals surface area contributed by atoms with Crippen LogP contribution in [-0.4, -0.2) is 48.6 Å². The van der Waals surface area contributed by atoms with E-state index in [1.54, 1.807) is 6.20 Å². The molecule has 1 aromatic rings. The van der Waals surface area contributed by atoms with Gasteiger partial charge in [0.15, 0.2) is 0 Å². The Hall–Kier alpha value is -0.840. The van der Waals surface area contributed by atoms with Gasteiger partial charge < -0.3 is 10.2 Å². The van der Waals surface area contributed by atoms with Gasteiger partial charge in [-0.05, 0) is 31.5 Å². The number of hydrogen-bond donors (Lipinski definition) is 1. The number of nitrogens with one attached hydrogen (secondary N) is 1. The second-order valence-corrected chi connectivity index (χ2v) is 6.10. The lowest BCUT2D eigenvalue weighted by molar-refractivity contribution is 0.192. The van der Waals surface area contributed by atoms with Crippen LogP contribution in [0.15, 0.2) is 12.3 Å². The maximum Gasteiger partial charge on any atom is 0.128 e. The van der Waals surface area contributed by atoms with Gasteiger partial charge >= 0.3 is 0 Å². The molecule has 118 valence electrons. The lowest BCUT2D eigenvalue weighted by Gasteiger charge is -2.38. The van der Waals surface area contributed by atoms with Crippen molar-refractivity contribution in [3.05, 3.63) is 22.8 Å². The van der Waals surface area contributed by atoms with E-state index >= 15 is 0 Å². The molecule has 0 aliphatic carbocycles. The summed E-state index contributed by atoms with van der Waals surface area (Å²) >= 11 is 6.23. The zero-order valence-electron chi connectivity index (χ0n) is 13.4. The van der Waals surface area contributed by atoms with E-state index in [1.807, 2.05) is 0 Å². The molecule has 0 amide bonds. The van der Waals surface area contributed by atoms with E-state index in [1.165, 1.54) is 6.42 Å². The number of aromatic nitrogens is 1. The first-order valence-corrected chi connectivity index (χ1v) is 8.37. The summed E-state index contributed by atoms with van der Waals surface area (Å²) in [6, 6.07) is 2.80. The standard InChI is InChI=1S/C16H27ClN4/c1-4-13(3)20-6-8-21(9-7-20)16-10-14(11-18-5-2)15(17)12-19-16/h10,12-13,18H,4-9,11H2,1-3H3. The van der Waals surface area contributed by atoms with Gasteiger partial charge in [0.1, 0.15) is 5.82 Å². The van der Waals surface area contributed by atoms with Crippen LogP contribution in [0, 0.1) is 0 Å². The lowest BCUT2D eigenvalue weighted by atomic mass is 10.2. The minimum Gasteiger partial charge on any atom is -0.354 e. The van der Waals surface area contributed by atoms with Gasteiger partial charge in [0, 0.05) is 45.0 Å². The first kappa shape index (κ1) is 16.5. The summed E-state index contributed by atoms with van der Waals surface area (Å²) in [5, 5.41) is 4.07. The van der Waals surface area contributed by atoms with Crippen LogP contribution in [0.4, 0.5) is 5.82 Å². The van der Waals surface area contributed by atoms with E-state index < -0.39 is 0 Å². The summed E-state index contributed by atoms with van der Waals surface area (Å²) in [5.41, 5.74) is 1.13. The average molecular weight is 311 g/mol. The Morgan fingerprint density at radius 2 is 2.00 bits per heavy atom. The van der Waals surface area contributed by atoms with Crippen molar-refractivity contribution in [2.75, 3.05) is 37.6 Å². The van der Waals surface area contributed by atoms with Gasteiger partial charge in [-0.2, -0.15) is 0 Å². The van der Waals surface area contributed by atoms with Crippen molar-refractivity contribution < 1.29 is 0 Å². The van der Waals surface area contributed by atoms with Crippen molar-refractivity contribution in [2.24, 2.45) is 0 Å². The van der Waals surface area contributed by atoms with Crippen molar-refractivity contribution in [1.82, 2.24) is 15.2 Å². The number of rotatable bonds is 6. The normalized spacial score (nSPS) is 18.0. The Morgan fingerprint density at radius 3 is 2.62 bits per heavy atom. The third-order valence-electron chi connectivity index (χ3n) is 4.34. The van der Waals surface area contributed by atoms with E-state index in [4.69, 9.17) is 11.6 Å². The first-order chi connectivity index (χ1) is 10.2. The summed E-state index contributed by atoms with van der Waals surface area (Å²) in [7, 11) is 0. The molecule has 1 aliphatic heterocycles. The molecule has 1 N–H and O–H groups in total. The van der Waals surface area contributed by atoms with Crippen molar-refractivity contribution in [3.8, 4) is 0 Å². The zero-order valence-corrected chi connectivity index (χ0v) is 14.2. The van der Waals surface area contributed by atoms with Crippen molar-refractivity contribution >= 4 is 17.4 Å². The molecule has 1 aromatic heterocycles. The predicted octanol–water partition coefficient (Wildman–Crippen LogP) is 2.77. The van der Waals surface area contributed by atoms with E-state index in [9.17, 15) is 0 Å². The van der Waals surface area contributed by atoms with Crippen LogP contribution in [0.2, 0.25) is 5.02 Å². The summed E-state index contributed by atoms with van der Waals surface area (Å²) < 4.78 is 0. The van der Waals surface area contributed by atoms with Crippen molar-refractivity contribution in [2.45, 2.75) is 39.8 Å². The number of piperazine rings is 1. The molecule has 0 saturated carbocycles. The SMILES string of the molecule is CCNCc1cc(N2CCN(C(C)CC)CC2)ncc1Cl. The molecule has 1 fully saturated rings. The molecule has 1 atom stereocenters. The molecule has 0 bridgehead atoms. The highest BCUT2D eigenvalue weighted by molar-refractivity contribution is 6.31. The molecule has 2 rings (SSSR count). The zero-order chi connectivity index (χ0) is 15.2. The fraction of sp³-hybridized carbons (Fsp3) is 0.688. The van der Waals surface area contributed by atoms with Gasteiger partial charge in [-0.15, -0.1) is 0 Å². The molecule has 1 saturated heterocycles. The van der Waals surface area contributed by atoms with Crippen LogP contribution in [0.3, 0.4) is 0 Å². The Morgan fingerprint density at radius 1 is 1.29 bits per heavy atom. The molecule has 21 heavy (non-hydrogen) atoms. The summed E-state index contributed by atoms with van der Waals surface area (Å²) in [4.78, 5) is 9.44. The highest BCUT2D eigenvalue weighted by atomic mass is 35.5. The largest absolute Gasteiger partial charge is 0.354 e. The molecular weight excluding hydrogens is 284 g/mol. The van der Waals surface area contributed by atoms with Crippen LogP contribution in [0.5, 0.6) is 0 Å².